The number of anilines is 2. The Morgan fingerprint density at radius 2 is 1.76 bits per heavy atom. The summed E-state index contributed by atoms with van der Waals surface area (Å²) in [6.45, 7) is 3.95. The highest BCUT2D eigenvalue weighted by atomic mass is 16.5. The van der Waals surface area contributed by atoms with E-state index in [0.29, 0.717) is 41.1 Å². The number of aryl methyl sites for hydroxylation is 1. The third-order valence-electron chi connectivity index (χ3n) is 5.49. The minimum atomic E-state index is -0.252. The number of nitrogens with one attached hydrogen (secondary N) is 1. The number of ether oxygens (including phenoxy) is 1. The fraction of sp³-hybridized carbons (Fsp3) is 0.292. The van der Waals surface area contributed by atoms with E-state index in [9.17, 15) is 4.79 Å². The second-order valence-corrected chi connectivity index (χ2v) is 7.80. The topological polar surface area (TPSA) is 106 Å². The lowest BCUT2D eigenvalue weighted by Crippen LogP contribution is -2.23. The van der Waals surface area contributed by atoms with Crippen LogP contribution in [0.15, 0.2) is 53.1 Å². The minimum Gasteiger partial charge on any atom is -0.485 e. The molecule has 5 rings (SSSR count). The summed E-state index contributed by atoms with van der Waals surface area (Å²) >= 11 is 0. The molecule has 9 heteroatoms. The average molecular weight is 444 g/mol. The van der Waals surface area contributed by atoms with Crippen molar-refractivity contribution in [3.63, 3.8) is 0 Å². The van der Waals surface area contributed by atoms with Gasteiger partial charge in [-0.25, -0.2) is 9.97 Å². The highest BCUT2D eigenvalue weighted by Gasteiger charge is 2.21. The largest absolute Gasteiger partial charge is 0.485 e. The number of aromatic nitrogens is 4. The number of nitrogens with zero attached hydrogens (tertiary/aromatic N) is 5. The van der Waals surface area contributed by atoms with Gasteiger partial charge in [0, 0.05) is 25.1 Å². The van der Waals surface area contributed by atoms with E-state index in [1.165, 1.54) is 0 Å². The van der Waals surface area contributed by atoms with E-state index in [2.05, 4.69) is 20.4 Å². The zero-order chi connectivity index (χ0) is 22.6. The third-order valence-corrected chi connectivity index (χ3v) is 5.49. The number of hydrogen-bond donors (Lipinski definition) is 1. The Bertz CT molecular complexity index is 1260. The van der Waals surface area contributed by atoms with Crippen LogP contribution in [0.4, 0.5) is 11.6 Å². The van der Waals surface area contributed by atoms with E-state index in [1.807, 2.05) is 31.2 Å². The van der Waals surface area contributed by atoms with Crippen LogP contribution in [0.25, 0.3) is 11.0 Å². The van der Waals surface area contributed by atoms with Crippen LogP contribution in [0.2, 0.25) is 0 Å². The second kappa shape index (κ2) is 9.23. The molecule has 1 N–H and O–H groups in total. The van der Waals surface area contributed by atoms with E-state index >= 15 is 0 Å². The molecule has 0 saturated carbocycles. The van der Waals surface area contributed by atoms with Gasteiger partial charge in [0.25, 0.3) is 5.91 Å². The van der Waals surface area contributed by atoms with Crippen LogP contribution in [0.5, 0.6) is 5.75 Å². The van der Waals surface area contributed by atoms with Crippen molar-refractivity contribution in [1.82, 2.24) is 20.1 Å². The number of fused-ring (bicyclic) bond motifs is 1. The third kappa shape index (κ3) is 4.62. The highest BCUT2D eigenvalue weighted by Crippen LogP contribution is 2.28. The summed E-state index contributed by atoms with van der Waals surface area (Å²) in [5.74, 6) is 2.61. The smallest absolute Gasteiger partial charge is 0.256 e. The highest BCUT2D eigenvalue weighted by molar-refractivity contribution is 6.05. The maximum atomic E-state index is 13.0. The van der Waals surface area contributed by atoms with Gasteiger partial charge in [0.15, 0.2) is 18.2 Å². The molecule has 0 aliphatic carbocycles. The van der Waals surface area contributed by atoms with E-state index in [-0.39, 0.29) is 12.5 Å². The molecule has 3 heterocycles. The van der Waals surface area contributed by atoms with Gasteiger partial charge in [-0.3, -0.25) is 4.79 Å². The molecule has 2 aromatic heterocycles. The Hall–Kier alpha value is -4.01. The van der Waals surface area contributed by atoms with Crippen LogP contribution in [0.3, 0.4) is 0 Å². The quantitative estimate of drug-likeness (QED) is 0.456. The molecule has 1 amide bonds. The van der Waals surface area contributed by atoms with E-state index in [0.717, 1.165) is 37.0 Å². The predicted molar refractivity (Wildman–Crippen MR) is 123 cm³/mol. The van der Waals surface area contributed by atoms with E-state index < -0.39 is 0 Å². The Morgan fingerprint density at radius 1 is 1.03 bits per heavy atom. The lowest BCUT2D eigenvalue weighted by atomic mass is 10.2. The fourth-order valence-electron chi connectivity index (χ4n) is 3.75. The number of para-hydroxylation sites is 2. The molecule has 0 bridgehead atoms. The van der Waals surface area contributed by atoms with Gasteiger partial charge in [-0.05, 0) is 49.2 Å². The van der Waals surface area contributed by atoms with Crippen LogP contribution in [0.1, 0.15) is 41.8 Å². The molecule has 168 valence electrons. The maximum absolute atomic E-state index is 13.0. The zero-order valence-electron chi connectivity index (χ0n) is 18.3. The molecule has 1 aliphatic heterocycles. The fourth-order valence-corrected chi connectivity index (χ4v) is 3.75. The number of carbonyl (C=O) groups excluding carboxylic acids is 1. The maximum Gasteiger partial charge on any atom is 0.256 e. The Morgan fingerprint density at radius 3 is 2.45 bits per heavy atom. The van der Waals surface area contributed by atoms with Crippen molar-refractivity contribution in [3.8, 4) is 5.75 Å². The predicted octanol–water partition coefficient (Wildman–Crippen LogP) is 4.01. The van der Waals surface area contributed by atoms with Gasteiger partial charge in [0.1, 0.15) is 5.75 Å². The summed E-state index contributed by atoms with van der Waals surface area (Å²) in [6.07, 6.45) is 2.89. The first-order chi connectivity index (χ1) is 16.2. The summed E-state index contributed by atoms with van der Waals surface area (Å²) < 4.78 is 10.8. The first-order valence-electron chi connectivity index (χ1n) is 11.1. The molecular formula is C24H24N6O3. The van der Waals surface area contributed by atoms with Crippen molar-refractivity contribution < 1.29 is 14.1 Å². The number of benzene rings is 2. The molecule has 0 atom stereocenters. The van der Waals surface area contributed by atoms with Gasteiger partial charge >= 0.3 is 0 Å². The normalized spacial score (nSPS) is 13.4. The second-order valence-electron chi connectivity index (χ2n) is 7.80. The van der Waals surface area contributed by atoms with Crippen LogP contribution in [-0.2, 0) is 13.0 Å². The molecule has 1 aliphatic rings. The lowest BCUT2D eigenvalue weighted by molar-refractivity contribution is 0.102. The molecule has 33 heavy (non-hydrogen) atoms. The van der Waals surface area contributed by atoms with Crippen molar-refractivity contribution >= 4 is 28.6 Å². The molecule has 0 unspecified atom stereocenters. The number of hydrogen-bond acceptors (Lipinski definition) is 8. The molecule has 0 spiro atoms. The van der Waals surface area contributed by atoms with Gasteiger partial charge < -0.3 is 19.5 Å². The summed E-state index contributed by atoms with van der Waals surface area (Å²) in [5, 5.41) is 6.82. The monoisotopic (exact) mass is 444 g/mol. The number of carbonyl (C=O) groups is 1. The first-order valence-corrected chi connectivity index (χ1v) is 11.1. The van der Waals surface area contributed by atoms with Gasteiger partial charge in [0.2, 0.25) is 11.7 Å². The summed E-state index contributed by atoms with van der Waals surface area (Å²) in [5.41, 5.74) is 2.05. The van der Waals surface area contributed by atoms with E-state index in [4.69, 9.17) is 19.2 Å². The van der Waals surface area contributed by atoms with Crippen molar-refractivity contribution in [2.75, 3.05) is 23.3 Å². The molecule has 0 radical (unpaired) electrons. The number of rotatable bonds is 7. The standard InChI is InChI=1S/C24H24N6O3/c1-2-21-27-20(29-33-21)15-32-17-11-9-16(10-12-17)24(31)28-22-23(30-13-5-6-14-30)26-19-8-4-3-7-18(19)25-22/h3-4,7-12H,2,5-6,13-15H2,1H3,(H,25,28,31). The average Bonchev–Trinajstić information content (AvgIpc) is 3.55. The van der Waals surface area contributed by atoms with Gasteiger partial charge in [-0.1, -0.05) is 24.2 Å². The zero-order valence-corrected chi connectivity index (χ0v) is 18.3. The van der Waals surface area contributed by atoms with Crippen molar-refractivity contribution in [2.24, 2.45) is 0 Å². The van der Waals surface area contributed by atoms with Crippen molar-refractivity contribution in [1.29, 1.82) is 0 Å². The van der Waals surface area contributed by atoms with Crippen LogP contribution in [0, 0.1) is 0 Å². The van der Waals surface area contributed by atoms with Gasteiger partial charge in [0.05, 0.1) is 11.0 Å². The molecule has 1 fully saturated rings. The molecule has 9 nitrogen and oxygen atoms in total. The SMILES string of the molecule is CCc1nc(COc2ccc(C(=O)Nc3nc4ccccc4nc3N3CCCC3)cc2)no1. The summed E-state index contributed by atoms with van der Waals surface area (Å²) in [4.78, 5) is 28.8. The molecular weight excluding hydrogens is 420 g/mol. The molecule has 1 saturated heterocycles. The van der Waals surface area contributed by atoms with Crippen molar-refractivity contribution in [3.05, 3.63) is 65.8 Å². The Labute approximate surface area is 190 Å². The Balaban J connectivity index is 1.31. The van der Waals surface area contributed by atoms with E-state index in [1.54, 1.807) is 24.3 Å². The molecule has 2 aromatic carbocycles. The van der Waals surface area contributed by atoms with Crippen LogP contribution < -0.4 is 15.0 Å². The first kappa shape index (κ1) is 20.9. The number of amides is 1. The Kier molecular flexibility index (Phi) is 5.84. The summed E-state index contributed by atoms with van der Waals surface area (Å²) in [6, 6.07) is 14.6. The summed E-state index contributed by atoms with van der Waals surface area (Å²) in [7, 11) is 0. The molecule has 4 aromatic rings. The minimum absolute atomic E-state index is 0.195. The van der Waals surface area contributed by atoms with Crippen LogP contribution >= 0.6 is 0 Å². The van der Waals surface area contributed by atoms with Gasteiger partial charge in [-0.2, -0.15) is 4.98 Å². The van der Waals surface area contributed by atoms with Gasteiger partial charge in [-0.15, -0.1) is 0 Å². The lowest BCUT2D eigenvalue weighted by Gasteiger charge is -2.20. The van der Waals surface area contributed by atoms with Crippen molar-refractivity contribution in [2.45, 2.75) is 32.8 Å². The van der Waals surface area contributed by atoms with Crippen LogP contribution in [-0.4, -0.2) is 39.1 Å².